The van der Waals surface area contributed by atoms with E-state index in [1.54, 1.807) is 30.3 Å². The second kappa shape index (κ2) is 6.60. The zero-order chi connectivity index (χ0) is 15.2. The lowest BCUT2D eigenvalue weighted by atomic mass is 10.1. The van der Waals surface area contributed by atoms with Gasteiger partial charge in [0, 0.05) is 9.79 Å². The van der Waals surface area contributed by atoms with Crippen molar-refractivity contribution in [3.05, 3.63) is 59.2 Å². The largest absolute Gasteiger partial charge is 0.481 e. The zero-order valence-corrected chi connectivity index (χ0v) is 11.7. The van der Waals surface area contributed by atoms with Crippen LogP contribution < -0.4 is 0 Å². The Bertz CT molecular complexity index is 755. The van der Waals surface area contributed by atoms with Gasteiger partial charge < -0.3 is 5.11 Å². The molecule has 2 rings (SSSR count). The van der Waals surface area contributed by atoms with Crippen LogP contribution >= 0.6 is 11.8 Å². The monoisotopic (exact) mass is 294 g/mol. The Labute approximate surface area is 126 Å². The number of nitriles is 2. The van der Waals surface area contributed by atoms with E-state index in [-0.39, 0.29) is 6.42 Å². The van der Waals surface area contributed by atoms with Gasteiger partial charge in [0.05, 0.1) is 17.5 Å². The molecule has 0 radical (unpaired) electrons. The molecule has 0 aromatic heterocycles. The summed E-state index contributed by atoms with van der Waals surface area (Å²) >= 11 is 1.46. The van der Waals surface area contributed by atoms with E-state index in [1.165, 1.54) is 11.8 Å². The van der Waals surface area contributed by atoms with Gasteiger partial charge >= 0.3 is 5.97 Å². The van der Waals surface area contributed by atoms with Crippen LogP contribution in [0.15, 0.2) is 52.3 Å². The molecule has 2 aromatic rings. The molecule has 0 spiro atoms. The predicted molar refractivity (Wildman–Crippen MR) is 77.8 cm³/mol. The molecule has 1 N–H and O–H groups in total. The van der Waals surface area contributed by atoms with E-state index in [0.717, 1.165) is 15.4 Å². The molecule has 0 aliphatic carbocycles. The zero-order valence-electron chi connectivity index (χ0n) is 10.9. The molecule has 4 nitrogen and oxygen atoms in total. The van der Waals surface area contributed by atoms with Crippen molar-refractivity contribution < 1.29 is 9.90 Å². The Morgan fingerprint density at radius 1 is 1.00 bits per heavy atom. The first-order valence-corrected chi connectivity index (χ1v) is 6.87. The normalized spacial score (nSPS) is 9.62. The molecule has 0 bridgehead atoms. The number of nitrogens with zero attached hydrogens (tertiary/aromatic N) is 2. The van der Waals surface area contributed by atoms with E-state index >= 15 is 0 Å². The average molecular weight is 294 g/mol. The molecule has 0 aliphatic heterocycles. The van der Waals surface area contributed by atoms with Gasteiger partial charge in [-0.3, -0.25) is 4.79 Å². The SMILES string of the molecule is N#Cc1ccc(Sc2ccc(CC(=O)O)cc2)cc1C#N. The van der Waals surface area contributed by atoms with Gasteiger partial charge in [-0.1, -0.05) is 23.9 Å². The van der Waals surface area contributed by atoms with Gasteiger partial charge in [-0.25, -0.2) is 0 Å². The lowest BCUT2D eigenvalue weighted by Crippen LogP contribution is -1.99. The fourth-order valence-corrected chi connectivity index (χ4v) is 2.62. The van der Waals surface area contributed by atoms with Crippen molar-refractivity contribution in [1.29, 1.82) is 10.5 Å². The van der Waals surface area contributed by atoms with E-state index in [9.17, 15) is 4.79 Å². The van der Waals surface area contributed by atoms with Crippen molar-refractivity contribution in [2.45, 2.75) is 16.2 Å². The third-order valence-electron chi connectivity index (χ3n) is 2.75. The summed E-state index contributed by atoms with van der Waals surface area (Å²) in [6, 6.07) is 16.3. The number of hydrogen-bond acceptors (Lipinski definition) is 4. The van der Waals surface area contributed by atoms with Crippen molar-refractivity contribution in [1.82, 2.24) is 0 Å². The van der Waals surface area contributed by atoms with E-state index in [2.05, 4.69) is 0 Å². The van der Waals surface area contributed by atoms with Crippen molar-refractivity contribution in [2.75, 3.05) is 0 Å². The van der Waals surface area contributed by atoms with Crippen LogP contribution in [0.5, 0.6) is 0 Å². The van der Waals surface area contributed by atoms with Crippen molar-refractivity contribution >= 4 is 17.7 Å². The number of hydrogen-bond donors (Lipinski definition) is 1. The van der Waals surface area contributed by atoms with E-state index in [0.29, 0.717) is 11.1 Å². The second-order valence-electron chi connectivity index (χ2n) is 4.25. The highest BCUT2D eigenvalue weighted by molar-refractivity contribution is 7.99. The van der Waals surface area contributed by atoms with Crippen LogP contribution in [-0.4, -0.2) is 11.1 Å². The number of carbonyl (C=O) groups is 1. The standard InChI is InChI=1S/C16H10N2O2S/c17-9-12-3-6-15(8-13(12)10-18)21-14-4-1-11(2-5-14)7-16(19)20/h1-6,8H,7H2,(H,19,20). The van der Waals surface area contributed by atoms with Gasteiger partial charge in [-0.15, -0.1) is 0 Å². The Morgan fingerprint density at radius 2 is 1.62 bits per heavy atom. The lowest BCUT2D eigenvalue weighted by molar-refractivity contribution is -0.136. The van der Waals surface area contributed by atoms with E-state index in [1.807, 2.05) is 24.3 Å². The molecule has 102 valence electrons. The van der Waals surface area contributed by atoms with Gasteiger partial charge in [-0.05, 0) is 35.9 Å². The predicted octanol–water partition coefficient (Wildman–Crippen LogP) is 3.21. The van der Waals surface area contributed by atoms with Crippen molar-refractivity contribution in [2.24, 2.45) is 0 Å². The first-order chi connectivity index (χ1) is 10.1. The van der Waals surface area contributed by atoms with E-state index < -0.39 is 5.97 Å². The summed E-state index contributed by atoms with van der Waals surface area (Å²) < 4.78 is 0. The molecule has 2 aromatic carbocycles. The Morgan fingerprint density at radius 3 is 2.19 bits per heavy atom. The highest BCUT2D eigenvalue weighted by Gasteiger charge is 2.05. The molecular formula is C16H10N2O2S. The minimum absolute atomic E-state index is 0.000390. The number of carboxylic acids is 1. The first-order valence-electron chi connectivity index (χ1n) is 6.05. The van der Waals surface area contributed by atoms with Crippen LogP contribution in [0.25, 0.3) is 0 Å². The Hall–Kier alpha value is -2.76. The molecule has 0 fully saturated rings. The Balaban J connectivity index is 2.17. The third kappa shape index (κ3) is 3.85. The molecule has 0 unspecified atom stereocenters. The van der Waals surface area contributed by atoms with Crippen LogP contribution in [0.2, 0.25) is 0 Å². The molecule has 0 heterocycles. The van der Waals surface area contributed by atoms with Gasteiger partial charge in [-0.2, -0.15) is 10.5 Å². The molecule has 0 saturated carbocycles. The average Bonchev–Trinajstić information content (AvgIpc) is 2.48. The van der Waals surface area contributed by atoms with Crippen LogP contribution in [0.4, 0.5) is 0 Å². The number of carboxylic acid groups (broad SMARTS) is 1. The van der Waals surface area contributed by atoms with E-state index in [4.69, 9.17) is 15.6 Å². The minimum Gasteiger partial charge on any atom is -0.481 e. The lowest BCUT2D eigenvalue weighted by Gasteiger charge is -2.04. The summed E-state index contributed by atoms with van der Waals surface area (Å²) in [4.78, 5) is 12.4. The summed E-state index contributed by atoms with van der Waals surface area (Å²) in [6.07, 6.45) is 0.000390. The van der Waals surface area contributed by atoms with Crippen LogP contribution in [0, 0.1) is 22.7 Å². The number of benzene rings is 2. The van der Waals surface area contributed by atoms with Crippen molar-refractivity contribution in [3.8, 4) is 12.1 Å². The third-order valence-corrected chi connectivity index (χ3v) is 3.74. The Kier molecular flexibility index (Phi) is 4.61. The van der Waals surface area contributed by atoms with Gasteiger partial charge in [0.2, 0.25) is 0 Å². The summed E-state index contributed by atoms with van der Waals surface area (Å²) in [5.41, 5.74) is 1.45. The highest BCUT2D eigenvalue weighted by atomic mass is 32.2. The maximum absolute atomic E-state index is 10.6. The second-order valence-corrected chi connectivity index (χ2v) is 5.39. The van der Waals surface area contributed by atoms with Crippen molar-refractivity contribution in [3.63, 3.8) is 0 Å². The van der Waals surface area contributed by atoms with Gasteiger partial charge in [0.25, 0.3) is 0 Å². The van der Waals surface area contributed by atoms with Gasteiger partial charge in [0.15, 0.2) is 0 Å². The molecule has 0 amide bonds. The number of aliphatic carboxylic acids is 1. The van der Waals surface area contributed by atoms with Crippen LogP contribution in [0.3, 0.4) is 0 Å². The molecule has 21 heavy (non-hydrogen) atoms. The van der Waals surface area contributed by atoms with Crippen LogP contribution in [0.1, 0.15) is 16.7 Å². The topological polar surface area (TPSA) is 84.9 Å². The smallest absolute Gasteiger partial charge is 0.307 e. The fraction of sp³-hybridized carbons (Fsp3) is 0.0625. The minimum atomic E-state index is -0.860. The molecular weight excluding hydrogens is 284 g/mol. The number of rotatable bonds is 4. The highest BCUT2D eigenvalue weighted by Crippen LogP contribution is 2.29. The summed E-state index contributed by atoms with van der Waals surface area (Å²) in [5, 5.41) is 26.6. The van der Waals surface area contributed by atoms with Crippen LogP contribution in [-0.2, 0) is 11.2 Å². The van der Waals surface area contributed by atoms with Gasteiger partial charge in [0.1, 0.15) is 12.1 Å². The first kappa shape index (κ1) is 14.6. The summed E-state index contributed by atoms with van der Waals surface area (Å²) in [7, 11) is 0. The maximum atomic E-state index is 10.6. The molecule has 0 aliphatic rings. The molecule has 5 heteroatoms. The summed E-state index contributed by atoms with van der Waals surface area (Å²) in [5.74, 6) is -0.860. The molecule has 0 atom stereocenters. The quantitative estimate of drug-likeness (QED) is 0.935. The fourth-order valence-electron chi connectivity index (χ4n) is 1.76. The molecule has 0 saturated heterocycles. The maximum Gasteiger partial charge on any atom is 0.307 e. The summed E-state index contributed by atoms with van der Waals surface area (Å²) in [6.45, 7) is 0.